The summed E-state index contributed by atoms with van der Waals surface area (Å²) in [6.07, 6.45) is 0. The Morgan fingerprint density at radius 1 is 1.20 bits per heavy atom. The smallest absolute Gasteiger partial charge is 0.307 e. The maximum absolute atomic E-state index is 13.1. The highest BCUT2D eigenvalue weighted by Crippen LogP contribution is 2.17. The number of carbonyl (C=O) groups excluding carboxylic acids is 1. The number of anilines is 2. The van der Waals surface area contributed by atoms with Crippen molar-refractivity contribution in [3.63, 3.8) is 0 Å². The molecule has 0 spiro atoms. The number of amides is 2. The summed E-state index contributed by atoms with van der Waals surface area (Å²) in [5.41, 5.74) is 2.35. The normalized spacial score (nSPS) is 10.2. The van der Waals surface area contributed by atoms with Crippen LogP contribution in [0.15, 0.2) is 48.5 Å². The van der Waals surface area contributed by atoms with E-state index in [1.165, 1.54) is 12.1 Å². The van der Waals surface area contributed by atoms with Crippen molar-refractivity contribution in [2.75, 3.05) is 16.8 Å². The van der Waals surface area contributed by atoms with Crippen LogP contribution in [0.1, 0.15) is 12.5 Å². The average Bonchev–Trinajstić information content (AvgIpc) is 2.39. The third-order valence-electron chi connectivity index (χ3n) is 2.95. The largest absolute Gasteiger partial charge is 0.326 e. The lowest BCUT2D eigenvalue weighted by atomic mass is 10.2. The predicted molar refractivity (Wildman–Crippen MR) is 79.6 cm³/mol. The average molecular weight is 272 g/mol. The van der Waals surface area contributed by atoms with E-state index < -0.39 is 0 Å². The zero-order valence-corrected chi connectivity index (χ0v) is 11.6. The van der Waals surface area contributed by atoms with Gasteiger partial charge in [0.25, 0.3) is 0 Å². The maximum Gasteiger partial charge on any atom is 0.326 e. The Hall–Kier alpha value is -2.36. The molecule has 2 aromatic rings. The molecule has 2 rings (SSSR count). The summed E-state index contributed by atoms with van der Waals surface area (Å²) in [5.74, 6) is -0.374. The van der Waals surface area contributed by atoms with E-state index in [0.717, 1.165) is 11.3 Å². The molecule has 0 atom stereocenters. The van der Waals surface area contributed by atoms with Crippen LogP contribution in [0.4, 0.5) is 20.6 Å². The number of nitrogens with zero attached hydrogens (tertiary/aromatic N) is 1. The van der Waals surface area contributed by atoms with Gasteiger partial charge in [0.15, 0.2) is 0 Å². The molecular formula is C16H17FN2O. The van der Waals surface area contributed by atoms with Gasteiger partial charge in [-0.2, -0.15) is 0 Å². The van der Waals surface area contributed by atoms with Crippen LogP contribution in [0.3, 0.4) is 0 Å². The first-order valence-electron chi connectivity index (χ1n) is 6.51. The van der Waals surface area contributed by atoms with Crippen LogP contribution in [0, 0.1) is 12.7 Å². The van der Waals surface area contributed by atoms with Gasteiger partial charge in [0.2, 0.25) is 0 Å². The predicted octanol–water partition coefficient (Wildman–Crippen LogP) is 4.19. The Balaban J connectivity index is 2.17. The third-order valence-corrected chi connectivity index (χ3v) is 2.95. The topological polar surface area (TPSA) is 32.3 Å². The molecule has 0 aliphatic rings. The Morgan fingerprint density at radius 3 is 2.60 bits per heavy atom. The highest BCUT2D eigenvalue weighted by atomic mass is 19.1. The molecule has 0 aromatic heterocycles. The molecule has 0 bridgehead atoms. The quantitative estimate of drug-likeness (QED) is 0.892. The van der Waals surface area contributed by atoms with Crippen molar-refractivity contribution in [2.45, 2.75) is 13.8 Å². The molecule has 0 fully saturated rings. The van der Waals surface area contributed by atoms with Crippen molar-refractivity contribution in [1.29, 1.82) is 0 Å². The highest BCUT2D eigenvalue weighted by molar-refractivity contribution is 6.01. The van der Waals surface area contributed by atoms with Crippen molar-refractivity contribution in [2.24, 2.45) is 0 Å². The number of hydrogen-bond acceptors (Lipinski definition) is 1. The first-order valence-corrected chi connectivity index (χ1v) is 6.51. The van der Waals surface area contributed by atoms with Crippen molar-refractivity contribution in [1.82, 2.24) is 0 Å². The molecule has 0 unspecified atom stereocenters. The second-order valence-electron chi connectivity index (χ2n) is 4.52. The van der Waals surface area contributed by atoms with Gasteiger partial charge in [0, 0.05) is 17.9 Å². The van der Waals surface area contributed by atoms with Crippen molar-refractivity contribution >= 4 is 17.4 Å². The fourth-order valence-corrected chi connectivity index (χ4v) is 2.00. The molecular weight excluding hydrogens is 255 g/mol. The Bertz CT molecular complexity index is 613. The molecule has 0 aliphatic heterocycles. The van der Waals surface area contributed by atoms with Crippen molar-refractivity contribution in [3.8, 4) is 0 Å². The monoisotopic (exact) mass is 272 g/mol. The Morgan fingerprint density at radius 2 is 1.95 bits per heavy atom. The lowest BCUT2D eigenvalue weighted by Crippen LogP contribution is -2.34. The molecule has 0 saturated heterocycles. The molecule has 20 heavy (non-hydrogen) atoms. The fourth-order valence-electron chi connectivity index (χ4n) is 2.00. The number of nitrogens with one attached hydrogen (secondary N) is 1. The number of rotatable bonds is 3. The SMILES string of the molecule is CCN(C(=O)Nc1cccc(F)c1)c1cccc(C)c1. The van der Waals surface area contributed by atoms with Gasteiger partial charge < -0.3 is 5.32 Å². The van der Waals surface area contributed by atoms with E-state index in [1.807, 2.05) is 38.1 Å². The molecule has 2 aromatic carbocycles. The molecule has 0 saturated carbocycles. The zero-order chi connectivity index (χ0) is 14.5. The summed E-state index contributed by atoms with van der Waals surface area (Å²) in [4.78, 5) is 13.9. The molecule has 0 heterocycles. The van der Waals surface area contributed by atoms with E-state index in [0.29, 0.717) is 12.2 Å². The third kappa shape index (κ3) is 3.35. The van der Waals surface area contributed by atoms with E-state index in [1.54, 1.807) is 17.0 Å². The van der Waals surface area contributed by atoms with Crippen molar-refractivity contribution in [3.05, 3.63) is 59.9 Å². The lowest BCUT2D eigenvalue weighted by molar-refractivity contribution is 0.257. The molecule has 1 N–H and O–H groups in total. The van der Waals surface area contributed by atoms with Gasteiger partial charge in [0.1, 0.15) is 5.82 Å². The van der Waals surface area contributed by atoms with E-state index >= 15 is 0 Å². The minimum Gasteiger partial charge on any atom is -0.307 e. The minimum atomic E-state index is -0.374. The summed E-state index contributed by atoms with van der Waals surface area (Å²) in [5, 5.41) is 2.70. The lowest BCUT2D eigenvalue weighted by Gasteiger charge is -2.22. The second-order valence-corrected chi connectivity index (χ2v) is 4.52. The summed E-state index contributed by atoms with van der Waals surface area (Å²) >= 11 is 0. The van der Waals surface area contributed by atoms with Gasteiger partial charge >= 0.3 is 6.03 Å². The number of aryl methyl sites for hydroxylation is 1. The van der Waals surface area contributed by atoms with Gasteiger partial charge in [-0.3, -0.25) is 4.90 Å². The fraction of sp³-hybridized carbons (Fsp3) is 0.188. The summed E-state index contributed by atoms with van der Waals surface area (Å²) in [6, 6.07) is 13.3. The van der Waals surface area contributed by atoms with Gasteiger partial charge in [-0.1, -0.05) is 18.2 Å². The van der Waals surface area contributed by atoms with Crippen LogP contribution < -0.4 is 10.2 Å². The number of hydrogen-bond donors (Lipinski definition) is 1. The van der Waals surface area contributed by atoms with Gasteiger partial charge in [0.05, 0.1) is 0 Å². The number of carbonyl (C=O) groups is 1. The molecule has 0 aliphatic carbocycles. The van der Waals surface area contributed by atoms with Gasteiger partial charge in [-0.15, -0.1) is 0 Å². The van der Waals surface area contributed by atoms with Crippen LogP contribution in [-0.2, 0) is 0 Å². The first kappa shape index (κ1) is 14.1. The van der Waals surface area contributed by atoms with Gasteiger partial charge in [-0.05, 0) is 49.7 Å². The van der Waals surface area contributed by atoms with Crippen LogP contribution in [0.25, 0.3) is 0 Å². The molecule has 104 valence electrons. The molecule has 3 nitrogen and oxygen atoms in total. The van der Waals surface area contributed by atoms with E-state index in [-0.39, 0.29) is 11.8 Å². The highest BCUT2D eigenvalue weighted by Gasteiger charge is 2.14. The first-order chi connectivity index (χ1) is 9.60. The minimum absolute atomic E-state index is 0.274. The van der Waals surface area contributed by atoms with Gasteiger partial charge in [-0.25, -0.2) is 9.18 Å². The maximum atomic E-state index is 13.1. The molecule has 0 radical (unpaired) electrons. The number of halogens is 1. The Kier molecular flexibility index (Phi) is 4.35. The van der Waals surface area contributed by atoms with Crippen molar-refractivity contribution < 1.29 is 9.18 Å². The Labute approximate surface area is 118 Å². The summed E-state index contributed by atoms with van der Waals surface area (Å²) in [6.45, 7) is 4.40. The standard InChI is InChI=1S/C16H17FN2O/c1-3-19(15-9-4-6-12(2)10-15)16(20)18-14-8-5-7-13(17)11-14/h4-11H,3H2,1-2H3,(H,18,20). The van der Waals surface area contributed by atoms with E-state index in [4.69, 9.17) is 0 Å². The van der Waals surface area contributed by atoms with E-state index in [9.17, 15) is 9.18 Å². The summed E-state index contributed by atoms with van der Waals surface area (Å²) < 4.78 is 13.1. The molecule has 2 amide bonds. The number of urea groups is 1. The van der Waals surface area contributed by atoms with E-state index in [2.05, 4.69) is 5.32 Å². The van der Waals surface area contributed by atoms with Crippen LogP contribution in [0.2, 0.25) is 0 Å². The zero-order valence-electron chi connectivity index (χ0n) is 11.6. The van der Waals surface area contributed by atoms with Crippen LogP contribution >= 0.6 is 0 Å². The second kappa shape index (κ2) is 6.19. The molecule has 4 heteroatoms. The number of benzene rings is 2. The van der Waals surface area contributed by atoms with Crippen LogP contribution in [-0.4, -0.2) is 12.6 Å². The van der Waals surface area contributed by atoms with Crippen LogP contribution in [0.5, 0.6) is 0 Å². The summed E-state index contributed by atoms with van der Waals surface area (Å²) in [7, 11) is 0.